The minimum atomic E-state index is -0.679. The Labute approximate surface area is 195 Å². The normalized spacial score (nSPS) is 21.0. The average molecular weight is 459 g/mol. The minimum Gasteiger partial charge on any atom is -0.411 e. The van der Waals surface area contributed by atoms with Gasteiger partial charge in [-0.25, -0.2) is 8.78 Å². The molecule has 0 saturated heterocycles. The third-order valence-electron chi connectivity index (χ3n) is 6.86. The van der Waals surface area contributed by atoms with Crippen LogP contribution in [-0.2, 0) is 11.0 Å². The molecule has 2 atom stereocenters. The van der Waals surface area contributed by atoms with Crippen molar-refractivity contribution in [1.29, 1.82) is 0 Å². The fourth-order valence-corrected chi connectivity index (χ4v) is 4.72. The number of hydrogen-bond donors (Lipinski definition) is 3. The van der Waals surface area contributed by atoms with Gasteiger partial charge in [0, 0.05) is 18.2 Å². The van der Waals surface area contributed by atoms with E-state index in [9.17, 15) is 19.1 Å². The number of nitrogens with one attached hydrogen (secondary N) is 1. The van der Waals surface area contributed by atoms with Crippen molar-refractivity contribution in [2.75, 3.05) is 6.54 Å². The number of aliphatic hydroxyl groups excluding tert-OH is 1. The summed E-state index contributed by atoms with van der Waals surface area (Å²) < 4.78 is 27.2. The first-order chi connectivity index (χ1) is 15.5. The highest BCUT2D eigenvalue weighted by Crippen LogP contribution is 2.38. The van der Waals surface area contributed by atoms with E-state index in [1.807, 2.05) is 6.92 Å². The van der Waals surface area contributed by atoms with Crippen molar-refractivity contribution < 1.29 is 19.1 Å². The highest BCUT2D eigenvalue weighted by molar-refractivity contribution is 5.85. The Bertz CT molecular complexity index is 954. The van der Waals surface area contributed by atoms with Crippen molar-refractivity contribution in [3.05, 3.63) is 70.8 Å². The molecule has 4 nitrogen and oxygen atoms in total. The molecule has 0 bridgehead atoms. The third-order valence-corrected chi connectivity index (χ3v) is 6.86. The van der Waals surface area contributed by atoms with Crippen molar-refractivity contribution in [1.82, 2.24) is 5.32 Å². The van der Waals surface area contributed by atoms with E-state index in [0.717, 1.165) is 24.6 Å². The average Bonchev–Trinajstić information content (AvgIpc) is 2.77. The molecule has 2 aromatic carbocycles. The second-order valence-electron chi connectivity index (χ2n) is 10.5. The van der Waals surface area contributed by atoms with Crippen molar-refractivity contribution in [3.8, 4) is 0 Å². The Balaban J connectivity index is 1.76. The fourth-order valence-electron chi connectivity index (χ4n) is 4.72. The number of aliphatic hydroxyl groups is 1. The summed E-state index contributed by atoms with van der Waals surface area (Å²) in [7, 11) is 0. The standard InChI is InChI=1S/C27H36F2N2O2/c1-18(19-13-22(28)16-23(29)14-19)12-25(32)17-30-27(10-8-24(31-33)9-11-27)21-7-5-6-20(15-21)26(2,3)4/h5-7,13-16,18,25,30,32-33H,8-12,17H2,1-4H3. The monoisotopic (exact) mass is 458 g/mol. The Kier molecular flexibility index (Phi) is 7.91. The number of halogens is 2. The topological polar surface area (TPSA) is 64.8 Å². The van der Waals surface area contributed by atoms with Gasteiger partial charge in [-0.2, -0.15) is 0 Å². The van der Waals surface area contributed by atoms with Crippen LogP contribution in [0.5, 0.6) is 0 Å². The van der Waals surface area contributed by atoms with Crippen LogP contribution in [0.25, 0.3) is 0 Å². The summed E-state index contributed by atoms with van der Waals surface area (Å²) in [5.74, 6) is -1.40. The van der Waals surface area contributed by atoms with Gasteiger partial charge < -0.3 is 15.6 Å². The zero-order valence-corrected chi connectivity index (χ0v) is 20.0. The van der Waals surface area contributed by atoms with Gasteiger partial charge in [0.05, 0.1) is 11.8 Å². The molecule has 0 radical (unpaired) electrons. The van der Waals surface area contributed by atoms with Crippen molar-refractivity contribution in [3.63, 3.8) is 0 Å². The minimum absolute atomic E-state index is 0.0127. The Morgan fingerprint density at radius 1 is 1.06 bits per heavy atom. The SMILES string of the molecule is CC(CC(O)CNC1(c2cccc(C(C)(C)C)c2)CCC(=NO)CC1)c1cc(F)cc(F)c1. The molecule has 180 valence electrons. The predicted octanol–water partition coefficient (Wildman–Crippen LogP) is 6.01. The van der Waals surface area contributed by atoms with Gasteiger partial charge in [-0.15, -0.1) is 0 Å². The summed E-state index contributed by atoms with van der Waals surface area (Å²) in [6.45, 7) is 8.77. The van der Waals surface area contributed by atoms with E-state index in [0.29, 0.717) is 31.4 Å². The molecule has 0 heterocycles. The van der Waals surface area contributed by atoms with Crippen LogP contribution >= 0.6 is 0 Å². The summed E-state index contributed by atoms with van der Waals surface area (Å²) in [6, 6.07) is 12.1. The molecule has 33 heavy (non-hydrogen) atoms. The lowest BCUT2D eigenvalue weighted by molar-refractivity contribution is 0.132. The lowest BCUT2D eigenvalue weighted by Gasteiger charge is -2.40. The molecule has 0 aromatic heterocycles. The number of benzene rings is 2. The highest BCUT2D eigenvalue weighted by atomic mass is 19.1. The molecule has 6 heteroatoms. The smallest absolute Gasteiger partial charge is 0.126 e. The largest absolute Gasteiger partial charge is 0.411 e. The molecule has 1 aliphatic carbocycles. The predicted molar refractivity (Wildman–Crippen MR) is 128 cm³/mol. The summed E-state index contributed by atoms with van der Waals surface area (Å²) in [5, 5.41) is 27.0. The molecule has 3 rings (SSSR count). The third kappa shape index (κ3) is 6.39. The fraction of sp³-hybridized carbons (Fsp3) is 0.519. The maximum atomic E-state index is 13.6. The van der Waals surface area contributed by atoms with Crippen molar-refractivity contribution in [2.45, 2.75) is 82.8 Å². The van der Waals surface area contributed by atoms with Crippen LogP contribution in [0.3, 0.4) is 0 Å². The molecule has 1 aliphatic rings. The molecule has 0 amide bonds. The molecule has 1 saturated carbocycles. The number of nitrogens with zero attached hydrogens (tertiary/aromatic N) is 1. The van der Waals surface area contributed by atoms with E-state index in [2.05, 4.69) is 55.5 Å². The molecular formula is C27H36F2N2O2. The quantitative estimate of drug-likeness (QED) is 0.352. The Morgan fingerprint density at radius 3 is 2.27 bits per heavy atom. The zero-order chi connectivity index (χ0) is 24.2. The van der Waals surface area contributed by atoms with Gasteiger partial charge in [-0.05, 0) is 72.3 Å². The lowest BCUT2D eigenvalue weighted by atomic mass is 9.74. The number of hydrogen-bond acceptors (Lipinski definition) is 4. The van der Waals surface area contributed by atoms with E-state index < -0.39 is 17.7 Å². The maximum Gasteiger partial charge on any atom is 0.126 e. The van der Waals surface area contributed by atoms with Crippen LogP contribution < -0.4 is 5.32 Å². The Hall–Kier alpha value is -2.31. The van der Waals surface area contributed by atoms with Crippen LogP contribution in [0.4, 0.5) is 8.78 Å². The molecular weight excluding hydrogens is 422 g/mol. The van der Waals surface area contributed by atoms with E-state index in [1.54, 1.807) is 0 Å². The maximum absolute atomic E-state index is 13.6. The molecule has 2 unspecified atom stereocenters. The van der Waals surface area contributed by atoms with Gasteiger partial charge in [0.15, 0.2) is 0 Å². The summed E-state index contributed by atoms with van der Waals surface area (Å²) in [4.78, 5) is 0. The van der Waals surface area contributed by atoms with Crippen LogP contribution in [0.2, 0.25) is 0 Å². The van der Waals surface area contributed by atoms with Gasteiger partial charge in [0.1, 0.15) is 11.6 Å². The van der Waals surface area contributed by atoms with Gasteiger partial charge in [-0.1, -0.05) is 57.1 Å². The number of oxime groups is 1. The van der Waals surface area contributed by atoms with Gasteiger partial charge >= 0.3 is 0 Å². The Morgan fingerprint density at radius 2 is 1.70 bits per heavy atom. The van der Waals surface area contributed by atoms with Crippen molar-refractivity contribution in [2.24, 2.45) is 5.16 Å². The van der Waals surface area contributed by atoms with Crippen LogP contribution in [-0.4, -0.2) is 28.7 Å². The van der Waals surface area contributed by atoms with E-state index >= 15 is 0 Å². The summed E-state index contributed by atoms with van der Waals surface area (Å²) in [6.07, 6.45) is 2.59. The van der Waals surface area contributed by atoms with Gasteiger partial charge in [0.25, 0.3) is 0 Å². The van der Waals surface area contributed by atoms with E-state index in [-0.39, 0.29) is 16.9 Å². The molecule has 2 aromatic rings. The number of rotatable bonds is 7. The highest BCUT2D eigenvalue weighted by Gasteiger charge is 2.36. The zero-order valence-electron chi connectivity index (χ0n) is 20.0. The first-order valence-corrected chi connectivity index (χ1v) is 11.7. The first kappa shape index (κ1) is 25.3. The summed E-state index contributed by atoms with van der Waals surface area (Å²) >= 11 is 0. The van der Waals surface area contributed by atoms with Crippen LogP contribution in [0.15, 0.2) is 47.6 Å². The second kappa shape index (κ2) is 10.3. The van der Waals surface area contributed by atoms with Crippen LogP contribution in [0.1, 0.15) is 82.4 Å². The molecule has 3 N–H and O–H groups in total. The lowest BCUT2D eigenvalue weighted by Crippen LogP contribution is -2.48. The van der Waals surface area contributed by atoms with E-state index in [1.165, 1.54) is 23.3 Å². The molecule has 1 fully saturated rings. The van der Waals surface area contributed by atoms with Gasteiger partial charge in [-0.3, -0.25) is 0 Å². The second-order valence-corrected chi connectivity index (χ2v) is 10.5. The summed E-state index contributed by atoms with van der Waals surface area (Å²) in [5.41, 5.74) is 3.41. The molecule has 0 aliphatic heterocycles. The first-order valence-electron chi connectivity index (χ1n) is 11.7. The van der Waals surface area contributed by atoms with E-state index in [4.69, 9.17) is 0 Å². The van der Waals surface area contributed by atoms with Crippen LogP contribution in [0, 0.1) is 11.6 Å². The molecule has 0 spiro atoms. The van der Waals surface area contributed by atoms with Crippen molar-refractivity contribution >= 4 is 5.71 Å². The van der Waals surface area contributed by atoms with Gasteiger partial charge in [0.2, 0.25) is 0 Å².